The largest absolute Gasteiger partial charge is 0.315 e. The fraction of sp³-hybridized carbons (Fsp3) is 0.583. The molecular formula is C12H19NO. The van der Waals surface area contributed by atoms with Crippen LogP contribution in [0.5, 0.6) is 0 Å². The summed E-state index contributed by atoms with van der Waals surface area (Å²) in [6, 6.07) is 4.02. The lowest BCUT2D eigenvalue weighted by Crippen LogP contribution is -2.24. The van der Waals surface area contributed by atoms with Gasteiger partial charge in [-0.15, -0.1) is 0 Å². The van der Waals surface area contributed by atoms with Crippen molar-refractivity contribution in [2.24, 2.45) is 7.05 Å². The third-order valence-corrected chi connectivity index (χ3v) is 2.59. The molecule has 2 heteroatoms. The van der Waals surface area contributed by atoms with Crippen molar-refractivity contribution < 1.29 is 0 Å². The molecule has 2 nitrogen and oxygen atoms in total. The summed E-state index contributed by atoms with van der Waals surface area (Å²) in [7, 11) is 1.85. The number of hydrogen-bond donors (Lipinski definition) is 0. The number of pyridine rings is 1. The molecule has 0 unspecified atom stereocenters. The molecule has 0 amide bonds. The van der Waals surface area contributed by atoms with Crippen LogP contribution in [0.4, 0.5) is 0 Å². The normalized spacial score (nSPS) is 11.4. The average molecular weight is 193 g/mol. The molecule has 0 N–H and O–H groups in total. The molecule has 0 saturated carbocycles. The van der Waals surface area contributed by atoms with Gasteiger partial charge in [0.2, 0.25) is 0 Å². The topological polar surface area (TPSA) is 22.0 Å². The van der Waals surface area contributed by atoms with Crippen molar-refractivity contribution in [2.45, 2.75) is 39.5 Å². The number of aromatic nitrogens is 1. The van der Waals surface area contributed by atoms with Gasteiger partial charge in [-0.1, -0.05) is 33.8 Å². The van der Waals surface area contributed by atoms with Crippen LogP contribution in [-0.2, 0) is 7.05 Å². The van der Waals surface area contributed by atoms with Crippen LogP contribution in [0, 0.1) is 0 Å². The van der Waals surface area contributed by atoms with E-state index in [9.17, 15) is 4.79 Å². The minimum atomic E-state index is 0.145. The van der Waals surface area contributed by atoms with Crippen LogP contribution in [0.3, 0.4) is 0 Å². The predicted molar refractivity (Wildman–Crippen MR) is 59.9 cm³/mol. The molecule has 1 aromatic heterocycles. The average Bonchev–Trinajstić information content (AvgIpc) is 2.08. The van der Waals surface area contributed by atoms with Crippen molar-refractivity contribution in [1.29, 1.82) is 0 Å². The van der Waals surface area contributed by atoms with Crippen molar-refractivity contribution in [3.8, 4) is 0 Å². The molecule has 0 aliphatic carbocycles. The first-order valence-corrected chi connectivity index (χ1v) is 5.15. The highest BCUT2D eigenvalue weighted by Crippen LogP contribution is 2.15. The Morgan fingerprint density at radius 3 is 2.07 bits per heavy atom. The monoisotopic (exact) mass is 193 g/mol. The molecule has 1 aromatic rings. The highest BCUT2D eigenvalue weighted by Gasteiger charge is 2.10. The van der Waals surface area contributed by atoms with Crippen LogP contribution in [-0.4, -0.2) is 4.57 Å². The maximum Gasteiger partial charge on any atom is 0.253 e. The van der Waals surface area contributed by atoms with Gasteiger partial charge in [-0.05, 0) is 17.9 Å². The molecule has 0 aliphatic rings. The maximum atomic E-state index is 11.9. The van der Waals surface area contributed by atoms with E-state index in [2.05, 4.69) is 19.9 Å². The Morgan fingerprint density at radius 2 is 1.64 bits per heavy atom. The van der Waals surface area contributed by atoms with Crippen molar-refractivity contribution in [2.75, 3.05) is 0 Å². The second kappa shape index (κ2) is 3.99. The molecule has 78 valence electrons. The first-order valence-electron chi connectivity index (χ1n) is 5.15. The molecule has 0 aliphatic heterocycles. The van der Waals surface area contributed by atoms with Crippen LogP contribution in [0.2, 0.25) is 0 Å². The summed E-state index contributed by atoms with van der Waals surface area (Å²) in [5.41, 5.74) is 2.14. The van der Waals surface area contributed by atoms with Gasteiger partial charge in [-0.2, -0.15) is 0 Å². The number of hydrogen-bond acceptors (Lipinski definition) is 1. The Bertz CT molecular complexity index is 374. The van der Waals surface area contributed by atoms with Crippen LogP contribution < -0.4 is 5.56 Å². The van der Waals surface area contributed by atoms with E-state index < -0.39 is 0 Å². The SMILES string of the molecule is CC(C)c1ccc(C(C)C)n(C)c1=O. The molecule has 0 aromatic carbocycles. The molecule has 1 rings (SSSR count). The third kappa shape index (κ3) is 1.89. The third-order valence-electron chi connectivity index (χ3n) is 2.59. The van der Waals surface area contributed by atoms with Crippen molar-refractivity contribution in [3.05, 3.63) is 33.7 Å². The quantitative estimate of drug-likeness (QED) is 0.707. The van der Waals surface area contributed by atoms with E-state index in [1.54, 1.807) is 4.57 Å². The molecule has 0 fully saturated rings. The van der Waals surface area contributed by atoms with Gasteiger partial charge in [0.1, 0.15) is 0 Å². The van der Waals surface area contributed by atoms with Gasteiger partial charge < -0.3 is 4.57 Å². The van der Waals surface area contributed by atoms with E-state index in [1.807, 2.05) is 27.0 Å². The second-order valence-corrected chi connectivity index (χ2v) is 4.39. The Kier molecular flexibility index (Phi) is 3.14. The van der Waals surface area contributed by atoms with E-state index in [1.165, 1.54) is 0 Å². The fourth-order valence-electron chi connectivity index (χ4n) is 1.69. The molecule has 0 saturated heterocycles. The summed E-state index contributed by atoms with van der Waals surface area (Å²) in [5, 5.41) is 0. The van der Waals surface area contributed by atoms with Crippen molar-refractivity contribution >= 4 is 0 Å². The summed E-state index contributed by atoms with van der Waals surface area (Å²) in [5.74, 6) is 0.698. The lowest BCUT2D eigenvalue weighted by atomic mass is 10.0. The van der Waals surface area contributed by atoms with E-state index in [0.29, 0.717) is 11.8 Å². The van der Waals surface area contributed by atoms with Crippen molar-refractivity contribution in [1.82, 2.24) is 4.57 Å². The van der Waals surface area contributed by atoms with Crippen LogP contribution in [0.15, 0.2) is 16.9 Å². The molecule has 0 atom stereocenters. The molecular weight excluding hydrogens is 174 g/mol. The summed E-state index contributed by atoms with van der Waals surface area (Å²) in [6.45, 7) is 8.30. The van der Waals surface area contributed by atoms with Gasteiger partial charge in [0.25, 0.3) is 5.56 Å². The Morgan fingerprint density at radius 1 is 1.07 bits per heavy atom. The Balaban J connectivity index is 3.34. The summed E-state index contributed by atoms with van der Waals surface area (Å²) in [6.07, 6.45) is 0. The van der Waals surface area contributed by atoms with Crippen LogP contribution >= 0.6 is 0 Å². The highest BCUT2D eigenvalue weighted by atomic mass is 16.1. The molecule has 0 bridgehead atoms. The van der Waals surface area contributed by atoms with Gasteiger partial charge in [0, 0.05) is 18.3 Å². The lowest BCUT2D eigenvalue weighted by Gasteiger charge is -2.14. The Hall–Kier alpha value is -1.05. The fourth-order valence-corrected chi connectivity index (χ4v) is 1.69. The van der Waals surface area contributed by atoms with E-state index in [4.69, 9.17) is 0 Å². The second-order valence-electron chi connectivity index (χ2n) is 4.39. The van der Waals surface area contributed by atoms with Crippen LogP contribution in [0.25, 0.3) is 0 Å². The predicted octanol–water partition coefficient (Wildman–Crippen LogP) is 2.63. The number of rotatable bonds is 2. The van der Waals surface area contributed by atoms with Crippen molar-refractivity contribution in [3.63, 3.8) is 0 Å². The molecule has 14 heavy (non-hydrogen) atoms. The minimum absolute atomic E-state index is 0.145. The van der Waals surface area contributed by atoms with Gasteiger partial charge in [-0.3, -0.25) is 4.79 Å². The number of nitrogens with zero attached hydrogens (tertiary/aromatic N) is 1. The summed E-state index contributed by atoms with van der Waals surface area (Å²) >= 11 is 0. The first kappa shape index (κ1) is 11.0. The zero-order valence-electron chi connectivity index (χ0n) is 9.66. The van der Waals surface area contributed by atoms with Gasteiger partial charge in [-0.25, -0.2) is 0 Å². The van der Waals surface area contributed by atoms with E-state index in [-0.39, 0.29) is 5.56 Å². The van der Waals surface area contributed by atoms with E-state index >= 15 is 0 Å². The first-order chi connectivity index (χ1) is 6.45. The Labute approximate surface area is 85.6 Å². The van der Waals surface area contributed by atoms with Gasteiger partial charge >= 0.3 is 0 Å². The zero-order valence-corrected chi connectivity index (χ0v) is 9.66. The van der Waals surface area contributed by atoms with Gasteiger partial charge in [0.15, 0.2) is 0 Å². The lowest BCUT2D eigenvalue weighted by molar-refractivity contribution is 0.687. The molecule has 0 spiro atoms. The minimum Gasteiger partial charge on any atom is -0.315 e. The maximum absolute atomic E-state index is 11.9. The standard InChI is InChI=1S/C12H19NO/c1-8(2)10-6-7-11(9(3)4)13(5)12(10)14/h6-9H,1-5H3. The summed E-state index contributed by atoms with van der Waals surface area (Å²) in [4.78, 5) is 11.9. The molecule has 0 radical (unpaired) electrons. The smallest absolute Gasteiger partial charge is 0.253 e. The molecule has 1 heterocycles. The zero-order chi connectivity index (χ0) is 10.9. The van der Waals surface area contributed by atoms with Crippen LogP contribution in [0.1, 0.15) is 50.8 Å². The van der Waals surface area contributed by atoms with Gasteiger partial charge in [0.05, 0.1) is 0 Å². The summed E-state index contributed by atoms with van der Waals surface area (Å²) < 4.78 is 1.76. The highest BCUT2D eigenvalue weighted by molar-refractivity contribution is 5.20. The van der Waals surface area contributed by atoms with E-state index in [0.717, 1.165) is 11.3 Å².